The smallest absolute Gasteiger partial charge is 0.0654 e. The first-order chi connectivity index (χ1) is 6.81. The molecular weight excluding hydrogens is 194 g/mol. The standard InChI is InChI=1S/C11H17NOS/c1-8-5-6-14-11(8)10(7-13)12-9-3-2-4-9/h5-6,9-10,12-13H,2-4,7H2,1H3. The molecule has 14 heavy (non-hydrogen) atoms. The van der Waals surface area contributed by atoms with Crippen molar-refractivity contribution in [1.82, 2.24) is 5.32 Å². The molecule has 1 aromatic heterocycles. The van der Waals surface area contributed by atoms with E-state index < -0.39 is 0 Å². The highest BCUT2D eigenvalue weighted by Crippen LogP contribution is 2.27. The Kier molecular flexibility index (Phi) is 3.21. The first-order valence-electron chi connectivity index (χ1n) is 5.22. The average Bonchev–Trinajstić information content (AvgIpc) is 2.51. The van der Waals surface area contributed by atoms with Gasteiger partial charge in [0.2, 0.25) is 0 Å². The third-order valence-electron chi connectivity index (χ3n) is 2.94. The summed E-state index contributed by atoms with van der Waals surface area (Å²) >= 11 is 1.74. The van der Waals surface area contributed by atoms with E-state index in [4.69, 9.17) is 0 Å². The van der Waals surface area contributed by atoms with Crippen LogP contribution in [0.5, 0.6) is 0 Å². The third-order valence-corrected chi connectivity index (χ3v) is 4.08. The van der Waals surface area contributed by atoms with Crippen LogP contribution >= 0.6 is 11.3 Å². The number of thiophene rings is 1. The second-order valence-corrected chi connectivity index (χ2v) is 4.95. The lowest BCUT2D eigenvalue weighted by molar-refractivity contribution is 0.211. The number of aryl methyl sites for hydroxylation is 1. The molecular formula is C11H17NOS. The average molecular weight is 211 g/mol. The lowest BCUT2D eigenvalue weighted by Gasteiger charge is -2.30. The SMILES string of the molecule is Cc1ccsc1C(CO)NC1CCC1. The first-order valence-corrected chi connectivity index (χ1v) is 6.10. The molecule has 1 atom stereocenters. The fourth-order valence-electron chi connectivity index (χ4n) is 1.81. The molecule has 1 aromatic rings. The summed E-state index contributed by atoms with van der Waals surface area (Å²) in [5.74, 6) is 0. The van der Waals surface area contributed by atoms with Crippen LogP contribution in [0, 0.1) is 6.92 Å². The summed E-state index contributed by atoms with van der Waals surface area (Å²) in [5.41, 5.74) is 1.29. The molecule has 78 valence electrons. The van der Waals surface area contributed by atoms with Crippen molar-refractivity contribution in [1.29, 1.82) is 0 Å². The molecule has 0 bridgehead atoms. The molecule has 0 spiro atoms. The Bertz CT molecular complexity index is 293. The summed E-state index contributed by atoms with van der Waals surface area (Å²) in [6.45, 7) is 2.31. The van der Waals surface area contributed by atoms with Crippen molar-refractivity contribution in [2.45, 2.75) is 38.3 Å². The highest BCUT2D eigenvalue weighted by atomic mass is 32.1. The second kappa shape index (κ2) is 4.43. The van der Waals surface area contributed by atoms with Gasteiger partial charge in [-0.3, -0.25) is 0 Å². The highest BCUT2D eigenvalue weighted by molar-refractivity contribution is 7.10. The lowest BCUT2D eigenvalue weighted by Crippen LogP contribution is -2.39. The highest BCUT2D eigenvalue weighted by Gasteiger charge is 2.22. The zero-order valence-corrected chi connectivity index (χ0v) is 9.31. The van der Waals surface area contributed by atoms with E-state index in [-0.39, 0.29) is 12.6 Å². The summed E-state index contributed by atoms with van der Waals surface area (Å²) in [6, 6.07) is 2.90. The van der Waals surface area contributed by atoms with Crippen LogP contribution in [0.1, 0.15) is 35.7 Å². The summed E-state index contributed by atoms with van der Waals surface area (Å²) < 4.78 is 0. The Morgan fingerprint density at radius 2 is 2.43 bits per heavy atom. The lowest BCUT2D eigenvalue weighted by atomic mass is 9.92. The van der Waals surface area contributed by atoms with E-state index in [1.54, 1.807) is 11.3 Å². The molecule has 0 amide bonds. The van der Waals surface area contributed by atoms with Crippen molar-refractivity contribution in [3.8, 4) is 0 Å². The molecule has 2 nitrogen and oxygen atoms in total. The summed E-state index contributed by atoms with van der Waals surface area (Å²) in [6.07, 6.45) is 3.86. The zero-order valence-electron chi connectivity index (χ0n) is 8.49. The molecule has 1 saturated carbocycles. The Labute approximate surface area is 89.0 Å². The zero-order chi connectivity index (χ0) is 9.97. The molecule has 1 aliphatic rings. The van der Waals surface area contributed by atoms with Crippen LogP contribution < -0.4 is 5.32 Å². The van der Waals surface area contributed by atoms with Crippen LogP contribution in [0.2, 0.25) is 0 Å². The molecule has 0 radical (unpaired) electrons. The number of nitrogens with one attached hydrogen (secondary N) is 1. The number of aliphatic hydroxyl groups is 1. The van der Waals surface area contributed by atoms with E-state index in [0.717, 1.165) is 0 Å². The maximum Gasteiger partial charge on any atom is 0.0654 e. The predicted molar refractivity (Wildman–Crippen MR) is 59.7 cm³/mol. The maximum atomic E-state index is 9.33. The van der Waals surface area contributed by atoms with Gasteiger partial charge in [-0.05, 0) is 36.8 Å². The molecule has 2 rings (SSSR count). The van der Waals surface area contributed by atoms with Gasteiger partial charge in [-0.1, -0.05) is 6.42 Å². The van der Waals surface area contributed by atoms with Crippen molar-refractivity contribution < 1.29 is 5.11 Å². The van der Waals surface area contributed by atoms with Gasteiger partial charge in [0.15, 0.2) is 0 Å². The Hall–Kier alpha value is -0.380. The molecule has 2 N–H and O–H groups in total. The molecule has 1 aliphatic carbocycles. The quantitative estimate of drug-likeness (QED) is 0.800. The fraction of sp³-hybridized carbons (Fsp3) is 0.636. The summed E-state index contributed by atoms with van der Waals surface area (Å²) in [5, 5.41) is 14.9. The van der Waals surface area contributed by atoms with Gasteiger partial charge in [0.1, 0.15) is 0 Å². The van der Waals surface area contributed by atoms with Crippen LogP contribution in [0.4, 0.5) is 0 Å². The van der Waals surface area contributed by atoms with Gasteiger partial charge in [0.25, 0.3) is 0 Å². The van der Waals surface area contributed by atoms with E-state index in [9.17, 15) is 5.11 Å². The van der Waals surface area contributed by atoms with E-state index in [0.29, 0.717) is 6.04 Å². The van der Waals surface area contributed by atoms with Crippen molar-refractivity contribution in [2.24, 2.45) is 0 Å². The number of hydrogen-bond acceptors (Lipinski definition) is 3. The summed E-state index contributed by atoms with van der Waals surface area (Å²) in [4.78, 5) is 1.29. The number of aliphatic hydroxyl groups excluding tert-OH is 1. The summed E-state index contributed by atoms with van der Waals surface area (Å²) in [7, 11) is 0. The molecule has 0 aliphatic heterocycles. The van der Waals surface area contributed by atoms with E-state index in [1.807, 2.05) is 0 Å². The Balaban J connectivity index is 2.01. The van der Waals surface area contributed by atoms with Gasteiger partial charge in [-0.25, -0.2) is 0 Å². The van der Waals surface area contributed by atoms with Crippen LogP contribution in [0.15, 0.2) is 11.4 Å². The van der Waals surface area contributed by atoms with E-state index in [2.05, 4.69) is 23.7 Å². The van der Waals surface area contributed by atoms with E-state index >= 15 is 0 Å². The molecule has 1 heterocycles. The van der Waals surface area contributed by atoms with Gasteiger partial charge in [-0.15, -0.1) is 11.3 Å². The van der Waals surface area contributed by atoms with Crippen LogP contribution in [-0.2, 0) is 0 Å². The van der Waals surface area contributed by atoms with Gasteiger partial charge in [-0.2, -0.15) is 0 Å². The largest absolute Gasteiger partial charge is 0.394 e. The minimum absolute atomic E-state index is 0.153. The van der Waals surface area contributed by atoms with Gasteiger partial charge in [0, 0.05) is 10.9 Å². The first kappa shape index (κ1) is 10.1. The van der Waals surface area contributed by atoms with Crippen molar-refractivity contribution in [3.63, 3.8) is 0 Å². The Morgan fingerprint density at radius 3 is 2.86 bits per heavy atom. The number of rotatable bonds is 4. The monoisotopic (exact) mass is 211 g/mol. The minimum atomic E-state index is 0.153. The van der Waals surface area contributed by atoms with Crippen LogP contribution in [0.25, 0.3) is 0 Å². The molecule has 0 aromatic carbocycles. The molecule has 1 fully saturated rings. The third kappa shape index (κ3) is 2.00. The van der Waals surface area contributed by atoms with Crippen molar-refractivity contribution in [2.75, 3.05) is 6.61 Å². The molecule has 1 unspecified atom stereocenters. The normalized spacial score (nSPS) is 19.3. The van der Waals surface area contributed by atoms with Crippen LogP contribution in [0.3, 0.4) is 0 Å². The maximum absolute atomic E-state index is 9.33. The second-order valence-electron chi connectivity index (χ2n) is 4.00. The van der Waals surface area contributed by atoms with Crippen molar-refractivity contribution in [3.05, 3.63) is 21.9 Å². The fourth-order valence-corrected chi connectivity index (χ4v) is 2.79. The van der Waals surface area contributed by atoms with Crippen LogP contribution in [-0.4, -0.2) is 17.8 Å². The Morgan fingerprint density at radius 1 is 1.64 bits per heavy atom. The van der Waals surface area contributed by atoms with E-state index in [1.165, 1.54) is 29.7 Å². The van der Waals surface area contributed by atoms with Gasteiger partial charge in [0.05, 0.1) is 12.6 Å². The molecule has 3 heteroatoms. The van der Waals surface area contributed by atoms with Crippen molar-refractivity contribution >= 4 is 11.3 Å². The topological polar surface area (TPSA) is 32.3 Å². The number of hydrogen-bond donors (Lipinski definition) is 2. The minimum Gasteiger partial charge on any atom is -0.394 e. The van der Waals surface area contributed by atoms with Gasteiger partial charge >= 0.3 is 0 Å². The van der Waals surface area contributed by atoms with Gasteiger partial charge < -0.3 is 10.4 Å². The predicted octanol–water partition coefficient (Wildman–Crippen LogP) is 2.23. The molecule has 0 saturated heterocycles.